The van der Waals surface area contributed by atoms with Crippen LogP contribution in [0, 0.1) is 0 Å². The van der Waals surface area contributed by atoms with Crippen molar-refractivity contribution in [2.24, 2.45) is 0 Å². The van der Waals surface area contributed by atoms with Crippen LogP contribution in [0.4, 0.5) is 4.79 Å². The van der Waals surface area contributed by atoms with Crippen LogP contribution in [-0.4, -0.2) is 54.7 Å². The number of carbonyl (C=O) groups is 1. The van der Waals surface area contributed by atoms with E-state index >= 15 is 0 Å². The first-order valence-corrected chi connectivity index (χ1v) is 6.44. The first-order chi connectivity index (χ1) is 6.28. The zero-order valence-corrected chi connectivity index (χ0v) is 8.80. The highest BCUT2D eigenvalue weighted by molar-refractivity contribution is 7.64. The number of carbonyl (C=O) groups excluding carboxylic acids is 1. The summed E-state index contributed by atoms with van der Waals surface area (Å²) >= 11 is 0. The van der Waals surface area contributed by atoms with Crippen molar-refractivity contribution in [1.29, 1.82) is 0 Å². The third-order valence-corrected chi connectivity index (χ3v) is 2.50. The summed E-state index contributed by atoms with van der Waals surface area (Å²) in [7, 11) is -7.40. The monoisotopic (exact) mass is 247 g/mol. The van der Waals surface area contributed by atoms with E-state index in [0.29, 0.717) is 4.90 Å². The summed E-state index contributed by atoms with van der Waals surface area (Å²) in [4.78, 5) is 45.5. The van der Waals surface area contributed by atoms with Gasteiger partial charge in [0.25, 0.3) is 8.38 Å². The van der Waals surface area contributed by atoms with Gasteiger partial charge in [0, 0.05) is 6.54 Å². The van der Waals surface area contributed by atoms with Gasteiger partial charge in [0.1, 0.15) is 6.29 Å². The Morgan fingerprint density at radius 2 is 1.86 bits per heavy atom. The van der Waals surface area contributed by atoms with E-state index in [-0.39, 0.29) is 6.54 Å². The Morgan fingerprint density at radius 1 is 1.36 bits per heavy atom. The molecule has 0 aliphatic rings. The zero-order chi connectivity index (χ0) is 11.4. The van der Waals surface area contributed by atoms with E-state index in [0.717, 1.165) is 0 Å². The maximum atomic E-state index is 10.9. The molecule has 5 N–H and O–H groups in total. The maximum absolute atomic E-state index is 10.9. The molecule has 0 aromatic heterocycles. The molecule has 14 heavy (non-hydrogen) atoms. The number of aliphatic hydroxyl groups excluding tert-OH is 1. The highest BCUT2D eigenvalue weighted by atomic mass is 31.2. The van der Waals surface area contributed by atoms with Crippen LogP contribution in [0.1, 0.15) is 0 Å². The summed E-state index contributed by atoms with van der Waals surface area (Å²) in [5.41, 5.74) is -1.20. The summed E-state index contributed by atoms with van der Waals surface area (Å²) in [6.45, 7) is -0.876. The first kappa shape index (κ1) is 13.9. The Hall–Kier alpha value is -0.0700. The molecule has 0 saturated heterocycles. The first-order valence-electron chi connectivity index (χ1n) is 3.40. The molecule has 0 unspecified atom stereocenters. The second-order valence-electron chi connectivity index (χ2n) is 2.37. The van der Waals surface area contributed by atoms with E-state index in [1.54, 1.807) is 0 Å². The molecule has 0 atom stereocenters. The van der Waals surface area contributed by atoms with Gasteiger partial charge in [0.2, 0.25) is 0 Å². The largest absolute Gasteiger partial charge is 0.395 e. The van der Waals surface area contributed by atoms with Crippen LogP contribution >= 0.6 is 16.0 Å². The van der Waals surface area contributed by atoms with Gasteiger partial charge in [-0.15, -0.1) is 0 Å². The standard InChI is InChI=1S/C4H11NO7P2/c6-2-1-5(3-14(10,11)12)4(7)13(8)9/h6,8-9H,1-3H2,(H2,10,11,12). The van der Waals surface area contributed by atoms with Gasteiger partial charge in [-0.1, -0.05) is 0 Å². The Kier molecular flexibility index (Phi) is 5.70. The van der Waals surface area contributed by atoms with Crippen molar-refractivity contribution in [2.75, 3.05) is 19.4 Å². The third kappa shape index (κ3) is 5.62. The number of hydrogen-bond donors (Lipinski definition) is 5. The van der Waals surface area contributed by atoms with Gasteiger partial charge in [0.05, 0.1) is 6.61 Å². The molecule has 8 nitrogen and oxygen atoms in total. The van der Waals surface area contributed by atoms with Gasteiger partial charge in [0.15, 0.2) is 0 Å². The zero-order valence-electron chi connectivity index (χ0n) is 7.02. The minimum Gasteiger partial charge on any atom is -0.395 e. The lowest BCUT2D eigenvalue weighted by molar-refractivity contribution is 0.197. The van der Waals surface area contributed by atoms with Gasteiger partial charge >= 0.3 is 13.2 Å². The summed E-state index contributed by atoms with van der Waals surface area (Å²) in [6.07, 6.45) is -0.938. The average Bonchev–Trinajstić information content (AvgIpc) is 1.99. The summed E-state index contributed by atoms with van der Waals surface area (Å²) in [5.74, 6) is 0. The Balaban J connectivity index is 4.44. The quantitative estimate of drug-likeness (QED) is 0.386. The molecule has 0 fully saturated rings. The predicted molar refractivity (Wildman–Crippen MR) is 47.5 cm³/mol. The number of hydrogen-bond acceptors (Lipinski definition) is 5. The van der Waals surface area contributed by atoms with E-state index in [4.69, 9.17) is 24.7 Å². The molecule has 0 heterocycles. The van der Waals surface area contributed by atoms with E-state index in [1.807, 2.05) is 0 Å². The van der Waals surface area contributed by atoms with Crippen LogP contribution in [-0.2, 0) is 4.57 Å². The molecule has 0 saturated carbocycles. The molecule has 1 amide bonds. The highest BCUT2D eigenvalue weighted by Gasteiger charge is 2.27. The smallest absolute Gasteiger partial charge is 0.344 e. The number of rotatable bonds is 5. The second kappa shape index (κ2) is 5.72. The van der Waals surface area contributed by atoms with Crippen molar-refractivity contribution in [2.45, 2.75) is 0 Å². The Bertz CT molecular complexity index is 238. The van der Waals surface area contributed by atoms with Crippen LogP contribution in [0.15, 0.2) is 0 Å². The molecule has 0 aromatic rings. The van der Waals surface area contributed by atoms with Gasteiger partial charge in [-0.05, 0) is 0 Å². The Labute approximate surface area is 80.9 Å². The molecule has 84 valence electrons. The summed E-state index contributed by atoms with van der Waals surface area (Å²) < 4.78 is 10.5. The van der Waals surface area contributed by atoms with Crippen molar-refractivity contribution >= 4 is 21.6 Å². The molecule has 0 aliphatic carbocycles. The van der Waals surface area contributed by atoms with E-state index in [1.165, 1.54) is 0 Å². The topological polar surface area (TPSA) is 139 Å². The number of aliphatic hydroxyl groups is 1. The summed E-state index contributed by atoms with van der Waals surface area (Å²) in [6, 6.07) is 0. The minimum atomic E-state index is -4.46. The van der Waals surface area contributed by atoms with Crippen LogP contribution in [0.3, 0.4) is 0 Å². The van der Waals surface area contributed by atoms with Crippen LogP contribution < -0.4 is 0 Å². The lowest BCUT2D eigenvalue weighted by Crippen LogP contribution is -2.32. The van der Waals surface area contributed by atoms with Crippen LogP contribution in [0.25, 0.3) is 0 Å². The molecule has 10 heteroatoms. The molecule has 0 rings (SSSR count). The fraction of sp³-hybridized carbons (Fsp3) is 0.750. The van der Waals surface area contributed by atoms with E-state index in [2.05, 4.69) is 0 Å². The molecule has 0 bridgehead atoms. The van der Waals surface area contributed by atoms with Crippen molar-refractivity contribution < 1.29 is 34.0 Å². The van der Waals surface area contributed by atoms with Gasteiger partial charge < -0.3 is 29.6 Å². The second-order valence-corrected chi connectivity index (χ2v) is 4.94. The highest BCUT2D eigenvalue weighted by Crippen LogP contribution is 2.38. The average molecular weight is 247 g/mol. The van der Waals surface area contributed by atoms with Crippen LogP contribution in [0.5, 0.6) is 0 Å². The molecule has 0 aliphatic heterocycles. The third-order valence-electron chi connectivity index (χ3n) is 1.17. The molecule has 0 radical (unpaired) electrons. The van der Waals surface area contributed by atoms with Gasteiger partial charge in [-0.3, -0.25) is 9.36 Å². The van der Waals surface area contributed by atoms with Crippen molar-refractivity contribution in [1.82, 2.24) is 4.90 Å². The minimum absolute atomic E-state index is 0.357. The normalized spacial score (nSPS) is 11.9. The lowest BCUT2D eigenvalue weighted by atomic mass is 10.6. The van der Waals surface area contributed by atoms with Gasteiger partial charge in [-0.2, -0.15) is 0 Å². The summed E-state index contributed by atoms with van der Waals surface area (Å²) in [5, 5.41) is 8.46. The van der Waals surface area contributed by atoms with Crippen molar-refractivity contribution in [3.8, 4) is 0 Å². The predicted octanol–water partition coefficient (Wildman–Crippen LogP) is -1.17. The van der Waals surface area contributed by atoms with Crippen molar-refractivity contribution in [3.63, 3.8) is 0 Å². The number of nitrogens with zero attached hydrogens (tertiary/aromatic N) is 1. The molecular weight excluding hydrogens is 236 g/mol. The SMILES string of the molecule is O=C(N(CCO)CP(=O)(O)O)P(O)O. The van der Waals surface area contributed by atoms with E-state index < -0.39 is 34.5 Å². The maximum Gasteiger partial charge on any atom is 0.344 e. The van der Waals surface area contributed by atoms with Gasteiger partial charge in [-0.25, -0.2) is 0 Å². The van der Waals surface area contributed by atoms with Crippen LogP contribution in [0.2, 0.25) is 0 Å². The lowest BCUT2D eigenvalue weighted by Gasteiger charge is -2.21. The molecule has 0 aromatic carbocycles. The Morgan fingerprint density at radius 3 is 2.14 bits per heavy atom. The van der Waals surface area contributed by atoms with E-state index in [9.17, 15) is 9.36 Å². The molecule has 0 spiro atoms. The fourth-order valence-corrected chi connectivity index (χ4v) is 1.95. The molecular formula is C4H11NO7P2. The fourth-order valence-electron chi connectivity index (χ4n) is 0.696. The van der Waals surface area contributed by atoms with Crippen molar-refractivity contribution in [3.05, 3.63) is 0 Å². The number of amides is 1.